The van der Waals surface area contributed by atoms with Gasteiger partial charge in [-0.15, -0.1) is 0 Å². The lowest BCUT2D eigenvalue weighted by Gasteiger charge is -2.10. The number of halogens is 1. The average Bonchev–Trinajstić information content (AvgIpc) is 2.75. The minimum absolute atomic E-state index is 0.405. The van der Waals surface area contributed by atoms with E-state index in [0.717, 1.165) is 5.52 Å². The van der Waals surface area contributed by atoms with Crippen LogP contribution in [0.2, 0.25) is 5.02 Å². The number of fused-ring (bicyclic) bond motifs is 1. The highest BCUT2D eigenvalue weighted by Crippen LogP contribution is 2.41. The molecule has 1 heterocycles. The third-order valence-corrected chi connectivity index (χ3v) is 3.40. The Morgan fingerprint density at radius 3 is 2.42 bits per heavy atom. The summed E-state index contributed by atoms with van der Waals surface area (Å²) >= 11 is 6.29. The largest absolute Gasteiger partial charge is 0.493 e. The molecule has 0 N–H and O–H groups in total. The van der Waals surface area contributed by atoms with Gasteiger partial charge in [-0.25, -0.2) is 4.79 Å². The molecule has 0 aliphatic heterocycles. The minimum Gasteiger partial charge on any atom is -0.493 e. The zero-order chi connectivity index (χ0) is 14.2. The predicted molar refractivity (Wildman–Crippen MR) is 72.4 cm³/mol. The fourth-order valence-electron chi connectivity index (χ4n) is 2.03. The van der Waals surface area contributed by atoms with E-state index in [1.807, 2.05) is 0 Å². The van der Waals surface area contributed by atoms with Crippen molar-refractivity contribution in [2.24, 2.45) is 7.05 Å². The van der Waals surface area contributed by atoms with Crippen molar-refractivity contribution in [2.75, 3.05) is 21.3 Å². The first-order valence-electron chi connectivity index (χ1n) is 5.53. The number of esters is 1. The number of carbonyl (C=O) groups is 1. The van der Waals surface area contributed by atoms with Gasteiger partial charge in [0.25, 0.3) is 0 Å². The molecular weight excluding hydrogens is 270 g/mol. The molecule has 102 valence electrons. The number of aromatic nitrogens is 1. The molecule has 0 fully saturated rings. The Morgan fingerprint density at radius 1 is 1.21 bits per heavy atom. The summed E-state index contributed by atoms with van der Waals surface area (Å²) in [7, 11) is 6.14. The van der Waals surface area contributed by atoms with Crippen LogP contribution in [0.3, 0.4) is 0 Å². The zero-order valence-corrected chi connectivity index (χ0v) is 11.9. The van der Waals surface area contributed by atoms with Crippen LogP contribution in [0.4, 0.5) is 0 Å². The average molecular weight is 284 g/mol. The third kappa shape index (κ3) is 2.00. The van der Waals surface area contributed by atoms with Crippen LogP contribution in [0, 0.1) is 0 Å². The molecule has 2 rings (SSSR count). The van der Waals surface area contributed by atoms with Crippen LogP contribution in [0.5, 0.6) is 11.5 Å². The van der Waals surface area contributed by atoms with E-state index in [2.05, 4.69) is 0 Å². The smallest absolute Gasteiger partial charge is 0.354 e. The molecule has 5 nitrogen and oxygen atoms in total. The molecule has 2 aromatic rings. The van der Waals surface area contributed by atoms with Gasteiger partial charge in [0, 0.05) is 18.5 Å². The number of ether oxygens (including phenoxy) is 3. The Hall–Kier alpha value is -1.88. The highest BCUT2D eigenvalue weighted by atomic mass is 35.5. The molecule has 0 amide bonds. The van der Waals surface area contributed by atoms with Crippen molar-refractivity contribution in [3.63, 3.8) is 0 Å². The van der Waals surface area contributed by atoms with Gasteiger partial charge >= 0.3 is 5.97 Å². The van der Waals surface area contributed by atoms with E-state index in [1.165, 1.54) is 21.3 Å². The van der Waals surface area contributed by atoms with Gasteiger partial charge in [-0.2, -0.15) is 0 Å². The van der Waals surface area contributed by atoms with Gasteiger partial charge in [-0.3, -0.25) is 0 Å². The molecule has 0 aliphatic rings. The van der Waals surface area contributed by atoms with E-state index in [9.17, 15) is 4.79 Å². The van der Waals surface area contributed by atoms with Crippen LogP contribution in [-0.2, 0) is 11.8 Å². The summed E-state index contributed by atoms with van der Waals surface area (Å²) < 4.78 is 16.9. The molecule has 0 spiro atoms. The summed E-state index contributed by atoms with van der Waals surface area (Å²) in [4.78, 5) is 11.7. The molecule has 19 heavy (non-hydrogen) atoms. The summed E-state index contributed by atoms with van der Waals surface area (Å²) in [6.07, 6.45) is 0. The summed E-state index contributed by atoms with van der Waals surface area (Å²) in [5.41, 5.74) is 1.18. The first kappa shape index (κ1) is 13.5. The van der Waals surface area contributed by atoms with E-state index in [1.54, 1.807) is 23.7 Å². The Morgan fingerprint density at radius 2 is 1.89 bits per heavy atom. The molecule has 0 unspecified atom stereocenters. The summed E-state index contributed by atoms with van der Waals surface area (Å²) in [6, 6.07) is 3.44. The van der Waals surface area contributed by atoms with Crippen molar-refractivity contribution in [1.29, 1.82) is 0 Å². The lowest BCUT2D eigenvalue weighted by Crippen LogP contribution is -2.06. The Labute approximate surface area is 115 Å². The van der Waals surface area contributed by atoms with Gasteiger partial charge < -0.3 is 18.8 Å². The lowest BCUT2D eigenvalue weighted by molar-refractivity contribution is 0.0590. The topological polar surface area (TPSA) is 49.7 Å². The maximum atomic E-state index is 11.7. The van der Waals surface area contributed by atoms with Gasteiger partial charge in [0.05, 0.1) is 31.9 Å². The predicted octanol–water partition coefficient (Wildman–Crippen LogP) is 2.64. The van der Waals surface area contributed by atoms with Crippen molar-refractivity contribution >= 4 is 28.5 Å². The van der Waals surface area contributed by atoms with Gasteiger partial charge in [0.15, 0.2) is 11.5 Å². The maximum Gasteiger partial charge on any atom is 0.354 e. The molecule has 0 aliphatic carbocycles. The molecule has 0 atom stereocenters. The fraction of sp³-hybridized carbons (Fsp3) is 0.308. The summed E-state index contributed by atoms with van der Waals surface area (Å²) in [5, 5.41) is 1.12. The molecule has 1 aromatic heterocycles. The number of nitrogens with zero attached hydrogens (tertiary/aromatic N) is 1. The van der Waals surface area contributed by atoms with Crippen molar-refractivity contribution in [1.82, 2.24) is 4.57 Å². The summed E-state index contributed by atoms with van der Waals surface area (Å²) in [6.45, 7) is 0. The second-order valence-corrected chi connectivity index (χ2v) is 4.32. The van der Waals surface area contributed by atoms with E-state index in [-0.39, 0.29) is 0 Å². The maximum absolute atomic E-state index is 11.7. The normalized spacial score (nSPS) is 10.6. The van der Waals surface area contributed by atoms with Crippen molar-refractivity contribution in [3.8, 4) is 11.5 Å². The van der Waals surface area contributed by atoms with Crippen LogP contribution < -0.4 is 9.47 Å². The standard InChI is InChI=1S/C13H14ClNO4/c1-15-8-6-10(17-2)12(18-3)11(14)7(8)5-9(15)13(16)19-4/h5-6H,1-4H3. The van der Waals surface area contributed by atoms with E-state index >= 15 is 0 Å². The number of carbonyl (C=O) groups excluding carboxylic acids is 1. The quantitative estimate of drug-likeness (QED) is 0.813. The first-order chi connectivity index (χ1) is 9.04. The van der Waals surface area contributed by atoms with Gasteiger partial charge in [0.1, 0.15) is 5.69 Å². The number of hydrogen-bond acceptors (Lipinski definition) is 4. The minimum atomic E-state index is -0.423. The number of aryl methyl sites for hydroxylation is 1. The molecule has 0 saturated heterocycles. The van der Waals surface area contributed by atoms with Crippen LogP contribution in [0.25, 0.3) is 10.9 Å². The molecule has 0 radical (unpaired) electrons. The van der Waals surface area contributed by atoms with Crippen LogP contribution in [0.15, 0.2) is 12.1 Å². The third-order valence-electron chi connectivity index (χ3n) is 3.03. The van der Waals surface area contributed by atoms with Gasteiger partial charge in [-0.1, -0.05) is 11.6 Å². The van der Waals surface area contributed by atoms with E-state index in [4.69, 9.17) is 25.8 Å². The number of methoxy groups -OCH3 is 3. The second-order valence-electron chi connectivity index (χ2n) is 3.94. The Kier molecular flexibility index (Phi) is 3.57. The van der Waals surface area contributed by atoms with Gasteiger partial charge in [0.2, 0.25) is 0 Å². The van der Waals surface area contributed by atoms with Gasteiger partial charge in [-0.05, 0) is 6.07 Å². The molecule has 1 aromatic carbocycles. The number of rotatable bonds is 3. The Bertz CT molecular complexity index is 648. The highest BCUT2D eigenvalue weighted by molar-refractivity contribution is 6.37. The molecule has 0 saturated carbocycles. The highest BCUT2D eigenvalue weighted by Gasteiger charge is 2.20. The van der Waals surface area contributed by atoms with Crippen LogP contribution in [-0.4, -0.2) is 31.9 Å². The zero-order valence-electron chi connectivity index (χ0n) is 11.1. The van der Waals surface area contributed by atoms with Crippen molar-refractivity contribution in [2.45, 2.75) is 0 Å². The van der Waals surface area contributed by atoms with Crippen molar-refractivity contribution < 1.29 is 19.0 Å². The van der Waals surface area contributed by atoms with E-state index in [0.29, 0.717) is 27.6 Å². The van der Waals surface area contributed by atoms with Crippen molar-refractivity contribution in [3.05, 3.63) is 22.8 Å². The Balaban J connectivity index is 2.80. The lowest BCUT2D eigenvalue weighted by atomic mass is 10.2. The first-order valence-corrected chi connectivity index (χ1v) is 5.91. The second kappa shape index (κ2) is 5.01. The van der Waals surface area contributed by atoms with Crippen LogP contribution in [0.1, 0.15) is 10.5 Å². The summed E-state index contributed by atoms with van der Waals surface area (Å²) in [5.74, 6) is 0.531. The molecular formula is C13H14ClNO4. The SMILES string of the molecule is COC(=O)c1cc2c(Cl)c(OC)c(OC)cc2n1C. The fourth-order valence-corrected chi connectivity index (χ4v) is 2.35. The molecule has 0 bridgehead atoms. The van der Waals surface area contributed by atoms with E-state index < -0.39 is 5.97 Å². The molecule has 6 heteroatoms. The monoisotopic (exact) mass is 283 g/mol. The van der Waals surface area contributed by atoms with Crippen LogP contribution >= 0.6 is 11.6 Å². The number of hydrogen-bond donors (Lipinski definition) is 0. The number of benzene rings is 1.